The molecule has 0 saturated carbocycles. The van der Waals surface area contributed by atoms with Gasteiger partial charge in [0, 0.05) is 11.5 Å². The molecule has 7 nitrogen and oxygen atoms in total. The van der Waals surface area contributed by atoms with E-state index in [1.165, 1.54) is 4.57 Å². The molecule has 0 aliphatic carbocycles. The number of aryl methyl sites for hydroxylation is 1. The molecule has 0 unspecified atom stereocenters. The quantitative estimate of drug-likeness (QED) is 0.522. The minimum absolute atomic E-state index is 0.121. The van der Waals surface area contributed by atoms with E-state index in [1.54, 1.807) is 29.8 Å². The van der Waals surface area contributed by atoms with Gasteiger partial charge >= 0.3 is 0 Å². The molecule has 2 heterocycles. The van der Waals surface area contributed by atoms with Gasteiger partial charge in [-0.3, -0.25) is 14.2 Å². The number of carbonyl (C=O) groups is 1. The van der Waals surface area contributed by atoms with E-state index in [1.807, 2.05) is 42.5 Å². The minimum Gasteiger partial charge on any atom is -0.309 e. The zero-order chi connectivity index (χ0) is 22.9. The smallest absolute Gasteiger partial charge is 0.261 e. The number of benzene rings is 2. The molecule has 2 aromatic carbocycles. The normalized spacial score (nSPS) is 11.6. The van der Waals surface area contributed by atoms with Crippen LogP contribution >= 0.6 is 0 Å². The van der Waals surface area contributed by atoms with Crippen molar-refractivity contribution in [1.82, 2.24) is 19.3 Å². The number of amides is 1. The molecule has 2 aromatic heterocycles. The van der Waals surface area contributed by atoms with E-state index in [9.17, 15) is 9.59 Å². The number of carbonyl (C=O) groups excluding carboxylic acids is 1. The minimum atomic E-state index is -0.304. The van der Waals surface area contributed by atoms with Gasteiger partial charge < -0.3 is 5.32 Å². The highest BCUT2D eigenvalue weighted by Gasteiger charge is 2.21. The summed E-state index contributed by atoms with van der Waals surface area (Å²) in [4.78, 5) is 30.3. The maximum absolute atomic E-state index is 12.9. The van der Waals surface area contributed by atoms with Crippen LogP contribution in [0.15, 0.2) is 65.5 Å². The van der Waals surface area contributed by atoms with Crippen molar-refractivity contribution in [3.63, 3.8) is 0 Å². The summed E-state index contributed by atoms with van der Waals surface area (Å²) in [5, 5.41) is 8.18. The second-order valence-corrected chi connectivity index (χ2v) is 8.92. The number of hydrogen-bond donors (Lipinski definition) is 1. The Morgan fingerprint density at radius 1 is 1.03 bits per heavy atom. The maximum atomic E-state index is 12.9. The second kappa shape index (κ2) is 8.42. The molecule has 0 aliphatic heterocycles. The molecule has 0 atom stereocenters. The van der Waals surface area contributed by atoms with E-state index in [0.29, 0.717) is 29.1 Å². The summed E-state index contributed by atoms with van der Waals surface area (Å²) in [7, 11) is 0. The van der Waals surface area contributed by atoms with E-state index < -0.39 is 0 Å². The zero-order valence-corrected chi connectivity index (χ0v) is 18.8. The molecule has 0 bridgehead atoms. The van der Waals surface area contributed by atoms with E-state index in [2.05, 4.69) is 31.1 Å². The third kappa shape index (κ3) is 4.46. The number of nitrogens with one attached hydrogen (secondary N) is 1. The molecule has 32 heavy (non-hydrogen) atoms. The molecule has 0 saturated heterocycles. The lowest BCUT2D eigenvalue weighted by Crippen LogP contribution is -2.30. The fourth-order valence-electron chi connectivity index (χ4n) is 3.55. The van der Waals surface area contributed by atoms with E-state index in [0.717, 1.165) is 11.3 Å². The van der Waals surface area contributed by atoms with Gasteiger partial charge in [0.05, 0.1) is 23.1 Å². The number of para-hydroxylation sites is 1. The maximum Gasteiger partial charge on any atom is 0.261 e. The highest BCUT2D eigenvalue weighted by molar-refractivity contribution is 5.90. The first kappa shape index (κ1) is 21.5. The molecule has 4 rings (SSSR count). The number of aromatic nitrogens is 4. The fraction of sp³-hybridized carbons (Fsp3) is 0.280. The number of anilines is 1. The predicted molar refractivity (Wildman–Crippen MR) is 126 cm³/mol. The fourth-order valence-corrected chi connectivity index (χ4v) is 3.55. The molecular weight excluding hydrogens is 402 g/mol. The summed E-state index contributed by atoms with van der Waals surface area (Å²) in [6.45, 7) is 8.39. The Bertz CT molecular complexity index is 1330. The van der Waals surface area contributed by atoms with Gasteiger partial charge in [-0.05, 0) is 24.6 Å². The summed E-state index contributed by atoms with van der Waals surface area (Å²) in [6, 6.07) is 19.0. The molecule has 0 aliphatic rings. The molecule has 1 N–H and O–H groups in total. The number of nitrogens with zero attached hydrogens (tertiary/aromatic N) is 4. The molecule has 0 spiro atoms. The van der Waals surface area contributed by atoms with Crippen LogP contribution in [0.2, 0.25) is 0 Å². The van der Waals surface area contributed by atoms with Gasteiger partial charge in [-0.2, -0.15) is 5.10 Å². The van der Waals surface area contributed by atoms with Crippen molar-refractivity contribution in [3.8, 4) is 0 Å². The van der Waals surface area contributed by atoms with Crippen molar-refractivity contribution in [2.75, 3.05) is 5.32 Å². The Kier molecular flexibility index (Phi) is 5.65. The summed E-state index contributed by atoms with van der Waals surface area (Å²) < 4.78 is 3.20. The molecule has 164 valence electrons. The first-order valence-electron chi connectivity index (χ1n) is 10.6. The van der Waals surface area contributed by atoms with Crippen LogP contribution < -0.4 is 10.9 Å². The van der Waals surface area contributed by atoms with E-state index in [4.69, 9.17) is 5.10 Å². The van der Waals surface area contributed by atoms with Crippen LogP contribution in [0.4, 0.5) is 5.82 Å². The summed E-state index contributed by atoms with van der Waals surface area (Å²) in [5.41, 5.74) is 2.19. The predicted octanol–water partition coefficient (Wildman–Crippen LogP) is 3.89. The van der Waals surface area contributed by atoms with Crippen molar-refractivity contribution < 1.29 is 4.79 Å². The second-order valence-electron chi connectivity index (χ2n) is 8.92. The highest BCUT2D eigenvalue weighted by Crippen LogP contribution is 2.24. The summed E-state index contributed by atoms with van der Waals surface area (Å²) in [5.74, 6) is 0.794. The van der Waals surface area contributed by atoms with Crippen LogP contribution in [0.25, 0.3) is 10.9 Å². The number of hydrogen-bond acceptors (Lipinski definition) is 4. The van der Waals surface area contributed by atoms with Crippen molar-refractivity contribution >= 4 is 22.6 Å². The van der Waals surface area contributed by atoms with Crippen LogP contribution in [-0.2, 0) is 23.3 Å². The van der Waals surface area contributed by atoms with Crippen LogP contribution in [0, 0.1) is 6.92 Å². The monoisotopic (exact) mass is 429 g/mol. The SMILES string of the molecule is Cc1nc2ccccc2c(=O)n1CC(=O)Nc1cc(C(C)(C)C)nn1Cc1ccccc1. The lowest BCUT2D eigenvalue weighted by molar-refractivity contribution is -0.116. The Morgan fingerprint density at radius 3 is 2.44 bits per heavy atom. The largest absolute Gasteiger partial charge is 0.309 e. The van der Waals surface area contributed by atoms with E-state index in [-0.39, 0.29) is 23.4 Å². The van der Waals surface area contributed by atoms with Crippen LogP contribution in [-0.4, -0.2) is 25.2 Å². The third-order valence-corrected chi connectivity index (χ3v) is 5.35. The Labute approximate surface area is 186 Å². The molecule has 0 fully saturated rings. The van der Waals surface area contributed by atoms with Crippen LogP contribution in [0.1, 0.15) is 37.9 Å². The van der Waals surface area contributed by atoms with Crippen molar-refractivity contribution in [2.24, 2.45) is 0 Å². The van der Waals surface area contributed by atoms with Gasteiger partial charge in [0.25, 0.3) is 5.56 Å². The van der Waals surface area contributed by atoms with Gasteiger partial charge in [-0.25, -0.2) is 9.67 Å². The van der Waals surface area contributed by atoms with Crippen molar-refractivity contribution in [2.45, 2.75) is 46.2 Å². The Balaban J connectivity index is 1.62. The van der Waals surface area contributed by atoms with Crippen molar-refractivity contribution in [1.29, 1.82) is 0 Å². The lowest BCUT2D eigenvalue weighted by atomic mass is 9.92. The average molecular weight is 430 g/mol. The molecule has 4 aromatic rings. The van der Waals surface area contributed by atoms with Gasteiger partial charge in [0.1, 0.15) is 18.2 Å². The topological polar surface area (TPSA) is 81.8 Å². The molecule has 0 radical (unpaired) electrons. The third-order valence-electron chi connectivity index (χ3n) is 5.35. The van der Waals surface area contributed by atoms with Gasteiger partial charge in [0.15, 0.2) is 0 Å². The Hall–Kier alpha value is -3.74. The highest BCUT2D eigenvalue weighted by atomic mass is 16.2. The Morgan fingerprint density at radius 2 is 1.72 bits per heavy atom. The summed E-state index contributed by atoms with van der Waals surface area (Å²) >= 11 is 0. The summed E-state index contributed by atoms with van der Waals surface area (Å²) in [6.07, 6.45) is 0. The first-order chi connectivity index (χ1) is 15.2. The number of rotatable bonds is 5. The standard InChI is InChI=1S/C25H27N5O2/c1-17-26-20-13-9-8-12-19(20)24(32)29(17)16-23(31)27-22-14-21(25(2,3)4)28-30(22)15-18-10-6-5-7-11-18/h5-14H,15-16H2,1-4H3,(H,27,31). The number of fused-ring (bicyclic) bond motifs is 1. The van der Waals surface area contributed by atoms with Crippen LogP contribution in [0.5, 0.6) is 0 Å². The lowest BCUT2D eigenvalue weighted by Gasteiger charge is -2.14. The van der Waals surface area contributed by atoms with E-state index >= 15 is 0 Å². The molecule has 1 amide bonds. The van der Waals surface area contributed by atoms with Crippen molar-refractivity contribution in [3.05, 3.63) is 88.1 Å². The molecule has 7 heteroatoms. The zero-order valence-electron chi connectivity index (χ0n) is 18.8. The average Bonchev–Trinajstić information content (AvgIpc) is 3.14. The van der Waals surface area contributed by atoms with Crippen LogP contribution in [0.3, 0.4) is 0 Å². The molecular formula is C25H27N5O2. The first-order valence-corrected chi connectivity index (χ1v) is 10.6. The van der Waals surface area contributed by atoms with Gasteiger partial charge in [0.2, 0.25) is 5.91 Å². The van der Waals surface area contributed by atoms with Gasteiger partial charge in [-0.15, -0.1) is 0 Å². The van der Waals surface area contributed by atoms with Gasteiger partial charge in [-0.1, -0.05) is 63.2 Å².